The molecule has 0 aliphatic heterocycles. The summed E-state index contributed by atoms with van der Waals surface area (Å²) in [6, 6.07) is 15.9. The predicted octanol–water partition coefficient (Wildman–Crippen LogP) is 5.46. The lowest BCUT2D eigenvalue weighted by molar-refractivity contribution is 0.00517. The molecule has 156 valence electrons. The Morgan fingerprint density at radius 3 is 2.69 bits per heavy atom. The highest BCUT2D eigenvalue weighted by Crippen LogP contribution is 2.41. The Hall–Kier alpha value is -1.81. The zero-order chi connectivity index (χ0) is 20.9. The minimum atomic E-state index is -0.908. The molecule has 2 aromatic rings. The third-order valence-electron chi connectivity index (χ3n) is 5.86. The summed E-state index contributed by atoms with van der Waals surface area (Å²) in [7, 11) is 5.84. The highest BCUT2D eigenvalue weighted by Gasteiger charge is 2.41. The van der Waals surface area contributed by atoms with Gasteiger partial charge >= 0.3 is 0 Å². The van der Waals surface area contributed by atoms with Crippen LogP contribution in [0.3, 0.4) is 0 Å². The van der Waals surface area contributed by atoms with Crippen molar-refractivity contribution < 1.29 is 9.84 Å². The maximum atomic E-state index is 12.2. The quantitative estimate of drug-likeness (QED) is 0.638. The van der Waals surface area contributed by atoms with Crippen molar-refractivity contribution >= 4 is 17.7 Å². The van der Waals surface area contributed by atoms with E-state index < -0.39 is 5.60 Å². The molecule has 0 amide bonds. The van der Waals surface area contributed by atoms with Gasteiger partial charge in [0.1, 0.15) is 5.75 Å². The smallest absolute Gasteiger partial charge is 0.119 e. The summed E-state index contributed by atoms with van der Waals surface area (Å²) in [6.07, 6.45) is 6.88. The van der Waals surface area contributed by atoms with Gasteiger partial charge in [-0.05, 0) is 74.3 Å². The van der Waals surface area contributed by atoms with Gasteiger partial charge in [-0.15, -0.1) is 0 Å². The average molecular weight is 414 g/mol. The van der Waals surface area contributed by atoms with Crippen LogP contribution < -0.4 is 4.74 Å². The molecular weight excluding hydrogens is 382 g/mol. The number of ether oxygens (including phenoxy) is 1. The van der Waals surface area contributed by atoms with Crippen LogP contribution in [0, 0.1) is 5.92 Å². The number of halogens is 1. The molecule has 2 aromatic carbocycles. The molecule has 0 saturated heterocycles. The van der Waals surface area contributed by atoms with Crippen molar-refractivity contribution in [1.82, 2.24) is 4.90 Å². The molecular formula is C25H32ClNO2. The minimum absolute atomic E-state index is 0.163. The molecule has 29 heavy (non-hydrogen) atoms. The predicted molar refractivity (Wildman–Crippen MR) is 122 cm³/mol. The van der Waals surface area contributed by atoms with Gasteiger partial charge in [-0.25, -0.2) is 0 Å². The minimum Gasteiger partial charge on any atom is -0.497 e. The van der Waals surface area contributed by atoms with Gasteiger partial charge in [0.2, 0.25) is 0 Å². The van der Waals surface area contributed by atoms with Crippen molar-refractivity contribution in [3.05, 3.63) is 70.3 Å². The fraction of sp³-hybridized carbons (Fsp3) is 0.440. The summed E-state index contributed by atoms with van der Waals surface area (Å²) in [4.78, 5) is 2.18. The van der Waals surface area contributed by atoms with E-state index in [9.17, 15) is 5.11 Å². The number of benzene rings is 2. The number of methoxy groups -OCH3 is 1. The Kier molecular flexibility index (Phi) is 7.39. The Morgan fingerprint density at radius 1 is 1.17 bits per heavy atom. The molecule has 0 aromatic heterocycles. The molecule has 1 aliphatic rings. The van der Waals surface area contributed by atoms with Crippen molar-refractivity contribution in [2.75, 3.05) is 27.7 Å². The average Bonchev–Trinajstić information content (AvgIpc) is 2.82. The third-order valence-corrected chi connectivity index (χ3v) is 6.10. The maximum absolute atomic E-state index is 12.2. The number of hydrogen-bond acceptors (Lipinski definition) is 3. The second-order valence-corrected chi connectivity index (χ2v) is 8.82. The van der Waals surface area contributed by atoms with E-state index in [2.05, 4.69) is 37.2 Å². The zero-order valence-electron chi connectivity index (χ0n) is 17.7. The Labute approximate surface area is 180 Å². The number of rotatable bonds is 6. The lowest BCUT2D eigenvalue weighted by Crippen LogP contribution is -2.45. The van der Waals surface area contributed by atoms with E-state index in [1.54, 1.807) is 7.11 Å². The second-order valence-electron chi connectivity index (χ2n) is 8.38. The first-order chi connectivity index (χ1) is 13.9. The van der Waals surface area contributed by atoms with E-state index in [0.29, 0.717) is 11.4 Å². The van der Waals surface area contributed by atoms with Crippen LogP contribution in [0.2, 0.25) is 5.02 Å². The standard InChI is InChI=1S/C25H32ClNO2/c1-27(2)18-22-11-5-4-10-21(14-19-8-7-13-24(16-19)29-3)25(22,28)17-20-9-6-12-23(26)15-20/h6-9,12-16,22,28H,4-5,10-11,17-18H2,1-3H3. The van der Waals surface area contributed by atoms with Gasteiger partial charge in [0, 0.05) is 23.9 Å². The summed E-state index contributed by atoms with van der Waals surface area (Å²) < 4.78 is 5.39. The van der Waals surface area contributed by atoms with Crippen LogP contribution in [0.15, 0.2) is 54.1 Å². The Morgan fingerprint density at radius 2 is 1.97 bits per heavy atom. The zero-order valence-corrected chi connectivity index (χ0v) is 18.5. The molecule has 3 nitrogen and oxygen atoms in total. The van der Waals surface area contributed by atoms with Crippen LogP contribution in [-0.4, -0.2) is 43.4 Å². The van der Waals surface area contributed by atoms with Crippen molar-refractivity contribution in [2.45, 2.75) is 37.7 Å². The van der Waals surface area contributed by atoms with Crippen molar-refractivity contribution in [2.24, 2.45) is 5.92 Å². The summed E-state index contributed by atoms with van der Waals surface area (Å²) >= 11 is 6.24. The van der Waals surface area contributed by atoms with Crippen LogP contribution in [0.1, 0.15) is 36.8 Å². The lowest BCUT2D eigenvalue weighted by Gasteiger charge is -2.39. The van der Waals surface area contributed by atoms with E-state index in [1.807, 2.05) is 36.4 Å². The van der Waals surface area contributed by atoms with Gasteiger partial charge in [-0.3, -0.25) is 0 Å². The first-order valence-corrected chi connectivity index (χ1v) is 10.7. The van der Waals surface area contributed by atoms with Crippen LogP contribution in [0.25, 0.3) is 6.08 Å². The normalized spacial score (nSPS) is 23.9. The molecule has 1 fully saturated rings. The highest BCUT2D eigenvalue weighted by atomic mass is 35.5. The van der Waals surface area contributed by atoms with E-state index >= 15 is 0 Å². The number of aliphatic hydroxyl groups is 1. The van der Waals surface area contributed by atoms with Gasteiger partial charge < -0.3 is 14.7 Å². The van der Waals surface area contributed by atoms with Gasteiger partial charge in [-0.2, -0.15) is 0 Å². The first kappa shape index (κ1) is 21.9. The fourth-order valence-corrected chi connectivity index (χ4v) is 4.67. The SMILES string of the molecule is COc1cccc(C=C2CCCCC(CN(C)C)C2(O)Cc2cccc(Cl)c2)c1. The molecule has 2 atom stereocenters. The summed E-state index contributed by atoms with van der Waals surface area (Å²) in [5.41, 5.74) is 2.33. The number of hydrogen-bond donors (Lipinski definition) is 1. The lowest BCUT2D eigenvalue weighted by atomic mass is 9.75. The molecule has 0 spiro atoms. The van der Waals surface area contributed by atoms with Crippen LogP contribution in [0.4, 0.5) is 0 Å². The van der Waals surface area contributed by atoms with Crippen molar-refractivity contribution in [1.29, 1.82) is 0 Å². The van der Waals surface area contributed by atoms with E-state index in [4.69, 9.17) is 16.3 Å². The van der Waals surface area contributed by atoms with Crippen molar-refractivity contribution in [3.8, 4) is 5.75 Å². The molecule has 0 heterocycles. The summed E-state index contributed by atoms with van der Waals surface area (Å²) in [6.45, 7) is 0.854. The number of nitrogens with zero attached hydrogens (tertiary/aromatic N) is 1. The Bertz CT molecular complexity index is 848. The maximum Gasteiger partial charge on any atom is 0.119 e. The topological polar surface area (TPSA) is 32.7 Å². The van der Waals surface area contributed by atoms with Crippen LogP contribution in [-0.2, 0) is 6.42 Å². The van der Waals surface area contributed by atoms with E-state index in [0.717, 1.165) is 54.7 Å². The fourth-order valence-electron chi connectivity index (χ4n) is 4.45. The van der Waals surface area contributed by atoms with Gasteiger partial charge in [0.15, 0.2) is 0 Å². The van der Waals surface area contributed by atoms with Gasteiger partial charge in [0.25, 0.3) is 0 Å². The molecule has 4 heteroatoms. The van der Waals surface area contributed by atoms with Gasteiger partial charge in [-0.1, -0.05) is 48.4 Å². The van der Waals surface area contributed by atoms with Gasteiger partial charge in [0.05, 0.1) is 12.7 Å². The van der Waals surface area contributed by atoms with Crippen molar-refractivity contribution in [3.63, 3.8) is 0 Å². The monoisotopic (exact) mass is 413 g/mol. The van der Waals surface area contributed by atoms with Crippen LogP contribution >= 0.6 is 11.6 Å². The summed E-state index contributed by atoms with van der Waals surface area (Å²) in [5.74, 6) is 0.993. The molecule has 2 unspecified atom stereocenters. The first-order valence-electron chi connectivity index (χ1n) is 10.4. The molecule has 3 rings (SSSR count). The molecule has 0 radical (unpaired) electrons. The van der Waals surface area contributed by atoms with E-state index in [1.165, 1.54) is 0 Å². The molecule has 1 aliphatic carbocycles. The second kappa shape index (κ2) is 9.80. The van der Waals surface area contributed by atoms with E-state index in [-0.39, 0.29) is 5.92 Å². The third kappa shape index (κ3) is 5.63. The highest BCUT2D eigenvalue weighted by molar-refractivity contribution is 6.30. The Balaban J connectivity index is 2.04. The molecule has 1 saturated carbocycles. The molecule has 1 N–H and O–H groups in total. The largest absolute Gasteiger partial charge is 0.497 e. The van der Waals surface area contributed by atoms with Crippen LogP contribution in [0.5, 0.6) is 5.75 Å². The molecule has 0 bridgehead atoms. The summed E-state index contributed by atoms with van der Waals surface area (Å²) in [5, 5.41) is 12.9.